The van der Waals surface area contributed by atoms with Crippen molar-refractivity contribution in [1.29, 1.82) is 0 Å². The molecule has 0 aliphatic heterocycles. The maximum atomic E-state index is 10.9. The number of carbonyl (C=O) groups is 1. The topological polar surface area (TPSA) is 35.5 Å². The Bertz CT molecular complexity index is 224. The molecule has 0 radical (unpaired) electrons. The van der Waals surface area contributed by atoms with Gasteiger partial charge >= 0.3 is 5.97 Å². The number of unbranched alkanes of at least 4 members (excludes halogenated alkanes) is 6. The molecule has 0 aromatic rings. The lowest BCUT2D eigenvalue weighted by Gasteiger charge is -2.00. The van der Waals surface area contributed by atoms with Gasteiger partial charge in [-0.25, -0.2) is 0 Å². The molecule has 0 fully saturated rings. The van der Waals surface area contributed by atoms with Crippen molar-refractivity contribution in [2.24, 2.45) is 0 Å². The number of hydrogen-bond acceptors (Lipinski definition) is 3. The molecule has 0 heterocycles. The molecule has 0 amide bonds. The molecule has 0 aromatic heterocycles. The van der Waals surface area contributed by atoms with E-state index in [-0.39, 0.29) is 5.97 Å². The molecule has 0 aliphatic carbocycles. The lowest BCUT2D eigenvalue weighted by molar-refractivity contribution is -0.140. The zero-order valence-corrected chi connectivity index (χ0v) is 12.7. The Hall–Kier alpha value is -0.830. The maximum Gasteiger partial charge on any atom is 0.305 e. The number of ether oxygens (including phenoxy) is 2. The summed E-state index contributed by atoms with van der Waals surface area (Å²) in [6.45, 7) is 3.83. The van der Waals surface area contributed by atoms with Crippen LogP contribution in [0.1, 0.15) is 64.7 Å². The largest absolute Gasteiger partial charge is 0.469 e. The van der Waals surface area contributed by atoms with Crippen molar-refractivity contribution in [3.8, 4) is 0 Å². The number of hydrogen-bond donors (Lipinski definition) is 0. The van der Waals surface area contributed by atoms with E-state index in [0.717, 1.165) is 38.9 Å². The van der Waals surface area contributed by atoms with E-state index in [1.165, 1.54) is 32.8 Å². The Kier molecular flexibility index (Phi) is 14.6. The van der Waals surface area contributed by atoms with Crippen LogP contribution in [0.3, 0.4) is 0 Å². The first-order valence-corrected chi connectivity index (χ1v) is 7.60. The van der Waals surface area contributed by atoms with Crippen LogP contribution in [0.4, 0.5) is 0 Å². The summed E-state index contributed by atoms with van der Waals surface area (Å²) in [6.07, 6.45) is 14.1. The van der Waals surface area contributed by atoms with Crippen molar-refractivity contribution in [1.82, 2.24) is 0 Å². The summed E-state index contributed by atoms with van der Waals surface area (Å²) in [4.78, 5) is 10.9. The molecule has 0 saturated carbocycles. The van der Waals surface area contributed by atoms with Crippen LogP contribution < -0.4 is 0 Å². The number of rotatable bonds is 13. The highest BCUT2D eigenvalue weighted by Crippen LogP contribution is 2.04. The van der Waals surface area contributed by atoms with E-state index in [9.17, 15) is 4.79 Å². The second-order valence-corrected chi connectivity index (χ2v) is 4.78. The maximum absolute atomic E-state index is 10.9. The van der Waals surface area contributed by atoms with Crippen LogP contribution in [0, 0.1) is 0 Å². The van der Waals surface area contributed by atoms with E-state index in [2.05, 4.69) is 23.8 Å². The van der Waals surface area contributed by atoms with Crippen LogP contribution in [0.15, 0.2) is 12.2 Å². The third-order valence-electron chi connectivity index (χ3n) is 3.00. The summed E-state index contributed by atoms with van der Waals surface area (Å²) in [6, 6.07) is 0. The van der Waals surface area contributed by atoms with Crippen LogP contribution in [-0.4, -0.2) is 26.3 Å². The van der Waals surface area contributed by atoms with E-state index in [4.69, 9.17) is 4.74 Å². The Morgan fingerprint density at radius 1 is 1.00 bits per heavy atom. The van der Waals surface area contributed by atoms with Crippen molar-refractivity contribution in [3.05, 3.63) is 12.2 Å². The van der Waals surface area contributed by atoms with E-state index in [1.54, 1.807) is 0 Å². The van der Waals surface area contributed by atoms with Crippen LogP contribution in [0.2, 0.25) is 0 Å². The van der Waals surface area contributed by atoms with Gasteiger partial charge in [-0.05, 0) is 25.7 Å². The number of allylic oxidation sites excluding steroid dienone is 1. The van der Waals surface area contributed by atoms with E-state index in [0.29, 0.717) is 6.42 Å². The lowest BCUT2D eigenvalue weighted by Crippen LogP contribution is -1.98. The van der Waals surface area contributed by atoms with Crippen molar-refractivity contribution in [2.45, 2.75) is 64.7 Å². The Balaban J connectivity index is 3.11. The summed E-state index contributed by atoms with van der Waals surface area (Å²) in [5.41, 5.74) is 0. The Morgan fingerprint density at radius 2 is 1.79 bits per heavy atom. The number of carbonyl (C=O) groups excluding carboxylic acids is 1. The molecule has 0 bridgehead atoms. The first-order valence-electron chi connectivity index (χ1n) is 7.60. The molecule has 0 rings (SSSR count). The minimum Gasteiger partial charge on any atom is -0.469 e. The molecule has 0 aliphatic rings. The SMILES string of the molecule is CCCCCCOCC=CCCCCCC(=O)OC. The Labute approximate surface area is 118 Å². The fourth-order valence-corrected chi connectivity index (χ4v) is 1.78. The Morgan fingerprint density at radius 3 is 2.53 bits per heavy atom. The predicted octanol–water partition coefficient (Wildman–Crippen LogP) is 4.26. The second kappa shape index (κ2) is 15.2. The van der Waals surface area contributed by atoms with Gasteiger partial charge in [0.2, 0.25) is 0 Å². The molecule has 0 spiro atoms. The van der Waals surface area contributed by atoms with Gasteiger partial charge in [-0.3, -0.25) is 4.79 Å². The van der Waals surface area contributed by atoms with Crippen molar-refractivity contribution in [3.63, 3.8) is 0 Å². The highest BCUT2D eigenvalue weighted by Gasteiger charge is 1.97. The summed E-state index contributed by atoms with van der Waals surface area (Å²) in [5, 5.41) is 0. The average molecular weight is 270 g/mol. The first-order chi connectivity index (χ1) is 9.31. The van der Waals surface area contributed by atoms with Crippen LogP contribution in [0.5, 0.6) is 0 Å². The van der Waals surface area contributed by atoms with E-state index in [1.807, 2.05) is 0 Å². The van der Waals surface area contributed by atoms with Gasteiger partial charge in [0.15, 0.2) is 0 Å². The molecular weight excluding hydrogens is 240 g/mol. The average Bonchev–Trinajstić information content (AvgIpc) is 2.43. The van der Waals surface area contributed by atoms with Crippen LogP contribution in [0.25, 0.3) is 0 Å². The van der Waals surface area contributed by atoms with Gasteiger partial charge in [-0.15, -0.1) is 0 Å². The quantitative estimate of drug-likeness (QED) is 0.285. The smallest absolute Gasteiger partial charge is 0.305 e. The van der Waals surface area contributed by atoms with Gasteiger partial charge < -0.3 is 9.47 Å². The fraction of sp³-hybridized carbons (Fsp3) is 0.812. The van der Waals surface area contributed by atoms with Gasteiger partial charge in [-0.2, -0.15) is 0 Å². The minimum absolute atomic E-state index is 0.105. The number of esters is 1. The normalized spacial score (nSPS) is 11.1. The van der Waals surface area contributed by atoms with Gasteiger partial charge in [0.1, 0.15) is 0 Å². The van der Waals surface area contributed by atoms with Crippen molar-refractivity contribution >= 4 is 5.97 Å². The summed E-state index contributed by atoms with van der Waals surface area (Å²) in [5.74, 6) is -0.105. The molecular formula is C16H30O3. The van der Waals surface area contributed by atoms with Gasteiger partial charge in [0, 0.05) is 13.0 Å². The summed E-state index contributed by atoms with van der Waals surface area (Å²) < 4.78 is 10.1. The van der Waals surface area contributed by atoms with Crippen LogP contribution >= 0.6 is 0 Å². The highest BCUT2D eigenvalue weighted by molar-refractivity contribution is 5.68. The third-order valence-corrected chi connectivity index (χ3v) is 3.00. The second-order valence-electron chi connectivity index (χ2n) is 4.78. The molecule has 3 heteroatoms. The molecule has 112 valence electrons. The van der Waals surface area contributed by atoms with E-state index < -0.39 is 0 Å². The first kappa shape index (κ1) is 18.2. The summed E-state index contributed by atoms with van der Waals surface area (Å²) in [7, 11) is 1.44. The summed E-state index contributed by atoms with van der Waals surface area (Å²) >= 11 is 0. The fourth-order valence-electron chi connectivity index (χ4n) is 1.78. The standard InChI is InChI=1S/C16H30O3/c1-3-4-5-11-14-19-15-12-9-7-6-8-10-13-16(17)18-2/h9,12H,3-8,10-11,13-15H2,1-2H3. The molecule has 19 heavy (non-hydrogen) atoms. The van der Waals surface area contributed by atoms with Gasteiger partial charge in [0.25, 0.3) is 0 Å². The molecule has 0 aromatic carbocycles. The molecule has 0 N–H and O–H groups in total. The highest BCUT2D eigenvalue weighted by atomic mass is 16.5. The van der Waals surface area contributed by atoms with Crippen molar-refractivity contribution < 1.29 is 14.3 Å². The zero-order valence-electron chi connectivity index (χ0n) is 12.7. The lowest BCUT2D eigenvalue weighted by atomic mass is 10.1. The zero-order chi connectivity index (χ0) is 14.2. The molecule has 0 atom stereocenters. The molecule has 0 saturated heterocycles. The number of methoxy groups -OCH3 is 1. The van der Waals surface area contributed by atoms with Gasteiger partial charge in [-0.1, -0.05) is 44.8 Å². The van der Waals surface area contributed by atoms with E-state index >= 15 is 0 Å². The van der Waals surface area contributed by atoms with Crippen molar-refractivity contribution in [2.75, 3.05) is 20.3 Å². The monoisotopic (exact) mass is 270 g/mol. The molecule has 0 unspecified atom stereocenters. The predicted molar refractivity (Wildman–Crippen MR) is 79.2 cm³/mol. The minimum atomic E-state index is -0.105. The van der Waals surface area contributed by atoms with Gasteiger partial charge in [0.05, 0.1) is 13.7 Å². The third kappa shape index (κ3) is 15.1. The molecule has 3 nitrogen and oxygen atoms in total. The van der Waals surface area contributed by atoms with Crippen LogP contribution in [-0.2, 0) is 14.3 Å².